The number of methoxy groups -OCH3 is 1. The average molecular weight is 435 g/mol. The van der Waals surface area contributed by atoms with Crippen LogP contribution >= 0.6 is 0 Å². The number of benzene rings is 2. The minimum atomic E-state index is -0.317. The smallest absolute Gasteiger partial charge is 0.368 e. The highest BCUT2D eigenvalue weighted by atomic mass is 16.5. The molecule has 0 N–H and O–H groups in total. The van der Waals surface area contributed by atoms with Gasteiger partial charge in [-0.15, -0.1) is 5.10 Å². The van der Waals surface area contributed by atoms with Crippen molar-refractivity contribution in [2.75, 3.05) is 7.11 Å². The second-order valence-electron chi connectivity index (χ2n) is 7.58. The molecule has 166 valence electrons. The molecule has 2 aromatic carbocycles. The molecule has 0 saturated carbocycles. The lowest BCUT2D eigenvalue weighted by atomic mass is 10.1. The van der Waals surface area contributed by atoms with Crippen LogP contribution in [0, 0.1) is 6.92 Å². The lowest BCUT2D eigenvalue weighted by Gasteiger charge is -2.13. The van der Waals surface area contributed by atoms with Crippen LogP contribution in [-0.2, 0) is 24.8 Å². The largest absolute Gasteiger partial charge is 0.497 e. The normalized spacial score (nSPS) is 14.6. The fourth-order valence-corrected chi connectivity index (χ4v) is 3.67. The van der Waals surface area contributed by atoms with Crippen LogP contribution in [0.3, 0.4) is 0 Å². The Hall–Kier alpha value is -3.75. The molecule has 9 heteroatoms. The molecular formula is C23H26N6O3. The molecule has 0 amide bonds. The Morgan fingerprint density at radius 1 is 1.19 bits per heavy atom. The van der Waals surface area contributed by atoms with Gasteiger partial charge >= 0.3 is 5.69 Å². The third-order valence-electron chi connectivity index (χ3n) is 5.56. The van der Waals surface area contributed by atoms with Gasteiger partial charge in [0.25, 0.3) is 0 Å². The van der Waals surface area contributed by atoms with E-state index in [1.165, 1.54) is 14.9 Å². The van der Waals surface area contributed by atoms with Crippen molar-refractivity contribution in [2.45, 2.75) is 39.7 Å². The minimum Gasteiger partial charge on any atom is -0.497 e. The summed E-state index contributed by atoms with van der Waals surface area (Å²) in [7, 11) is 3.22. The topological polar surface area (TPSA) is 95.9 Å². The third-order valence-corrected chi connectivity index (χ3v) is 5.56. The molecule has 0 radical (unpaired) electrons. The van der Waals surface area contributed by atoms with Crippen LogP contribution in [-0.4, -0.2) is 38.5 Å². The Labute approximate surface area is 186 Å². The number of fused-ring (bicyclic) bond motifs is 1. The minimum absolute atomic E-state index is 0.243. The van der Waals surface area contributed by atoms with Gasteiger partial charge in [0.05, 0.1) is 18.5 Å². The van der Waals surface area contributed by atoms with Gasteiger partial charge in [0, 0.05) is 24.6 Å². The van der Waals surface area contributed by atoms with Gasteiger partial charge in [0.1, 0.15) is 12.4 Å². The zero-order chi connectivity index (χ0) is 22.7. The van der Waals surface area contributed by atoms with Crippen molar-refractivity contribution >= 4 is 11.6 Å². The molecule has 0 unspecified atom stereocenters. The predicted octanol–water partition coefficient (Wildman–Crippen LogP) is 2.96. The molecule has 0 aliphatic heterocycles. The van der Waals surface area contributed by atoms with E-state index in [0.29, 0.717) is 18.0 Å². The van der Waals surface area contributed by atoms with Gasteiger partial charge in [0.2, 0.25) is 5.90 Å². The Kier molecular flexibility index (Phi) is 6.16. The van der Waals surface area contributed by atoms with E-state index in [9.17, 15) is 4.79 Å². The number of hydrogen-bond donors (Lipinski definition) is 0. The van der Waals surface area contributed by atoms with Crippen LogP contribution in [0.15, 0.2) is 51.4 Å². The van der Waals surface area contributed by atoms with E-state index < -0.39 is 0 Å². The van der Waals surface area contributed by atoms with E-state index >= 15 is 0 Å². The van der Waals surface area contributed by atoms with Gasteiger partial charge in [-0.2, -0.15) is 14.5 Å². The molecule has 1 aromatic heterocycles. The maximum Gasteiger partial charge on any atom is 0.368 e. The van der Waals surface area contributed by atoms with Crippen LogP contribution < -0.4 is 10.4 Å². The SMILES string of the molecule is CC/C(=N/N=C1/CCc2ccc(OC)cc21)OCc1c(C)cccc1-n1nnn(C)c1=O. The lowest BCUT2D eigenvalue weighted by Crippen LogP contribution is -2.23. The molecule has 0 atom stereocenters. The number of rotatable bonds is 6. The molecule has 0 bridgehead atoms. The lowest BCUT2D eigenvalue weighted by molar-refractivity contribution is 0.282. The molecule has 3 aromatic rings. The maximum atomic E-state index is 12.3. The molecule has 0 spiro atoms. The first-order valence-electron chi connectivity index (χ1n) is 10.5. The van der Waals surface area contributed by atoms with Crippen molar-refractivity contribution in [3.63, 3.8) is 0 Å². The van der Waals surface area contributed by atoms with Crippen molar-refractivity contribution < 1.29 is 9.47 Å². The second-order valence-corrected chi connectivity index (χ2v) is 7.58. The van der Waals surface area contributed by atoms with Crippen LogP contribution in [0.1, 0.15) is 42.0 Å². The van der Waals surface area contributed by atoms with Gasteiger partial charge in [0.15, 0.2) is 0 Å². The number of aromatic nitrogens is 4. The Morgan fingerprint density at radius 2 is 2.03 bits per heavy atom. The molecule has 0 fully saturated rings. The van der Waals surface area contributed by atoms with E-state index in [2.05, 4.69) is 26.7 Å². The Bertz CT molecular complexity index is 1250. The summed E-state index contributed by atoms with van der Waals surface area (Å²) in [4.78, 5) is 12.3. The number of tetrazole rings is 1. The number of hydrogen-bond acceptors (Lipinski definition) is 7. The zero-order valence-electron chi connectivity index (χ0n) is 18.7. The number of aryl methyl sites for hydroxylation is 3. The van der Waals surface area contributed by atoms with E-state index in [4.69, 9.17) is 9.47 Å². The first-order chi connectivity index (χ1) is 15.5. The van der Waals surface area contributed by atoms with E-state index in [0.717, 1.165) is 41.0 Å². The summed E-state index contributed by atoms with van der Waals surface area (Å²) < 4.78 is 13.8. The average Bonchev–Trinajstić information content (AvgIpc) is 3.37. The molecule has 1 heterocycles. The summed E-state index contributed by atoms with van der Waals surface area (Å²) in [6.45, 7) is 4.18. The fourth-order valence-electron chi connectivity index (χ4n) is 3.67. The highest BCUT2D eigenvalue weighted by molar-refractivity contribution is 6.05. The van der Waals surface area contributed by atoms with E-state index in [1.54, 1.807) is 14.2 Å². The highest BCUT2D eigenvalue weighted by Gasteiger charge is 2.19. The van der Waals surface area contributed by atoms with Gasteiger partial charge in [-0.1, -0.05) is 25.1 Å². The second kappa shape index (κ2) is 9.17. The quantitative estimate of drug-likeness (QED) is 0.338. The molecule has 0 saturated heterocycles. The molecule has 9 nitrogen and oxygen atoms in total. The summed E-state index contributed by atoms with van der Waals surface area (Å²) in [6.07, 6.45) is 2.37. The Morgan fingerprint density at radius 3 is 2.75 bits per heavy atom. The van der Waals surface area contributed by atoms with Crippen LogP contribution in [0.2, 0.25) is 0 Å². The molecule has 32 heavy (non-hydrogen) atoms. The van der Waals surface area contributed by atoms with Crippen molar-refractivity contribution in [2.24, 2.45) is 17.3 Å². The monoisotopic (exact) mass is 434 g/mol. The number of ether oxygens (including phenoxy) is 2. The molecule has 4 rings (SSSR count). The molecular weight excluding hydrogens is 408 g/mol. The van der Waals surface area contributed by atoms with E-state index in [1.807, 2.05) is 44.2 Å². The molecule has 1 aliphatic carbocycles. The van der Waals surface area contributed by atoms with E-state index in [-0.39, 0.29) is 12.3 Å². The van der Waals surface area contributed by atoms with Crippen molar-refractivity contribution in [3.8, 4) is 11.4 Å². The van der Waals surface area contributed by atoms with Crippen molar-refractivity contribution in [1.82, 2.24) is 19.8 Å². The van der Waals surface area contributed by atoms with Gasteiger partial charge in [-0.25, -0.2) is 4.79 Å². The first-order valence-corrected chi connectivity index (χ1v) is 10.5. The summed E-state index contributed by atoms with van der Waals surface area (Å²) in [5.74, 6) is 1.33. The standard InChI is InChI=1S/C23H26N6O3/c1-5-22(25-24-20-12-10-16-9-11-17(31-4)13-18(16)20)32-14-19-15(2)7-6-8-21(19)29-23(30)28(3)26-27-29/h6-9,11,13H,5,10,12,14H2,1-4H3/b24-20-,25-22-. The zero-order valence-corrected chi connectivity index (χ0v) is 18.7. The van der Waals surface area contributed by atoms with Gasteiger partial charge in [-0.3, -0.25) is 0 Å². The maximum absolute atomic E-state index is 12.3. The third kappa shape index (κ3) is 4.18. The summed E-state index contributed by atoms with van der Waals surface area (Å²) in [5, 5.41) is 16.6. The molecule has 1 aliphatic rings. The predicted molar refractivity (Wildman–Crippen MR) is 122 cm³/mol. The highest BCUT2D eigenvalue weighted by Crippen LogP contribution is 2.27. The van der Waals surface area contributed by atoms with Crippen LogP contribution in [0.4, 0.5) is 0 Å². The fraction of sp³-hybridized carbons (Fsp3) is 0.348. The summed E-state index contributed by atoms with van der Waals surface area (Å²) in [5.41, 5.74) is 5.41. The first kappa shape index (κ1) is 21.5. The van der Waals surface area contributed by atoms with Gasteiger partial charge < -0.3 is 9.47 Å². The van der Waals surface area contributed by atoms with Gasteiger partial charge in [-0.05, 0) is 59.5 Å². The van der Waals surface area contributed by atoms with Crippen LogP contribution in [0.5, 0.6) is 5.75 Å². The summed E-state index contributed by atoms with van der Waals surface area (Å²) in [6, 6.07) is 11.7. The van der Waals surface area contributed by atoms with Crippen molar-refractivity contribution in [1.29, 1.82) is 0 Å². The Balaban J connectivity index is 1.57. The summed E-state index contributed by atoms with van der Waals surface area (Å²) >= 11 is 0. The number of nitrogens with zero attached hydrogens (tertiary/aromatic N) is 6. The van der Waals surface area contributed by atoms with Crippen LogP contribution in [0.25, 0.3) is 5.69 Å². The van der Waals surface area contributed by atoms with Crippen molar-refractivity contribution in [3.05, 3.63) is 69.1 Å².